The number of methoxy groups -OCH3 is 1. The van der Waals surface area contributed by atoms with Gasteiger partial charge in [-0.1, -0.05) is 12.1 Å². The minimum Gasteiger partial charge on any atom is -0.383 e. The highest BCUT2D eigenvalue weighted by molar-refractivity contribution is 5.48. The summed E-state index contributed by atoms with van der Waals surface area (Å²) in [6.45, 7) is 5.17. The fraction of sp³-hybridized carbons (Fsp3) is 0.583. The van der Waals surface area contributed by atoms with Gasteiger partial charge < -0.3 is 15.0 Å². The molecule has 2 aromatic heterocycles. The first-order valence-corrected chi connectivity index (χ1v) is 6.34. The second-order valence-electron chi connectivity index (χ2n) is 4.21. The van der Waals surface area contributed by atoms with Gasteiger partial charge in [0.25, 0.3) is 5.89 Å². The lowest BCUT2D eigenvalue weighted by molar-refractivity contribution is 0.177. The highest BCUT2D eigenvalue weighted by Gasteiger charge is 2.18. The van der Waals surface area contributed by atoms with Crippen LogP contribution in [0.1, 0.15) is 31.4 Å². The van der Waals surface area contributed by atoms with Crippen molar-refractivity contribution < 1.29 is 9.26 Å². The van der Waals surface area contributed by atoms with E-state index in [0.717, 1.165) is 24.4 Å². The predicted molar refractivity (Wildman–Crippen MR) is 69.4 cm³/mol. The Morgan fingerprint density at radius 1 is 1.47 bits per heavy atom. The number of rotatable bonds is 6. The fourth-order valence-corrected chi connectivity index (χ4v) is 1.80. The summed E-state index contributed by atoms with van der Waals surface area (Å²) in [6.07, 6.45) is 0.865. The summed E-state index contributed by atoms with van der Waals surface area (Å²) in [5.41, 5.74) is 7.69. The molecule has 2 rings (SSSR count). The zero-order valence-electron chi connectivity index (χ0n) is 11.5. The highest BCUT2D eigenvalue weighted by atomic mass is 16.5. The molecule has 2 N–H and O–H groups in total. The summed E-state index contributed by atoms with van der Waals surface area (Å²) in [5.74, 6) is 0.884. The van der Waals surface area contributed by atoms with E-state index in [-0.39, 0.29) is 6.04 Å². The van der Waals surface area contributed by atoms with E-state index in [1.54, 1.807) is 7.11 Å². The molecule has 0 bridgehead atoms. The molecule has 1 atom stereocenters. The van der Waals surface area contributed by atoms with Gasteiger partial charge in [0.15, 0.2) is 5.82 Å². The van der Waals surface area contributed by atoms with E-state index in [1.165, 1.54) is 0 Å². The van der Waals surface area contributed by atoms with Crippen molar-refractivity contribution in [3.63, 3.8) is 0 Å². The van der Waals surface area contributed by atoms with E-state index < -0.39 is 0 Å². The van der Waals surface area contributed by atoms with E-state index >= 15 is 0 Å². The van der Waals surface area contributed by atoms with Crippen LogP contribution in [0.25, 0.3) is 11.6 Å². The first-order valence-electron chi connectivity index (χ1n) is 6.34. The summed E-state index contributed by atoms with van der Waals surface area (Å²) in [7, 11) is 1.58. The Kier molecular flexibility index (Phi) is 4.28. The highest BCUT2D eigenvalue weighted by Crippen LogP contribution is 2.20. The Morgan fingerprint density at radius 3 is 2.89 bits per heavy atom. The summed E-state index contributed by atoms with van der Waals surface area (Å²) < 4.78 is 12.1. The average molecular weight is 265 g/mol. The van der Waals surface area contributed by atoms with Crippen LogP contribution in [0, 0.1) is 0 Å². The first kappa shape index (κ1) is 13.7. The average Bonchev–Trinajstić information content (AvgIpc) is 3.05. The SMILES string of the molecule is CCc1cc(-c2nc(C(N)COC)no2)n(CC)n1. The molecule has 0 aromatic carbocycles. The van der Waals surface area contributed by atoms with Gasteiger partial charge in [0.05, 0.1) is 18.3 Å². The normalized spacial score (nSPS) is 12.8. The van der Waals surface area contributed by atoms with Gasteiger partial charge in [0.1, 0.15) is 5.69 Å². The summed E-state index contributed by atoms with van der Waals surface area (Å²) >= 11 is 0. The lowest BCUT2D eigenvalue weighted by Gasteiger charge is -2.03. The predicted octanol–water partition coefficient (Wildman–Crippen LogP) is 1.16. The maximum atomic E-state index is 5.87. The Bertz CT molecular complexity index is 534. The minimum absolute atomic E-state index is 0.353. The molecular weight excluding hydrogens is 246 g/mol. The van der Waals surface area contributed by atoms with Crippen LogP contribution in [0.15, 0.2) is 10.6 Å². The smallest absolute Gasteiger partial charge is 0.276 e. The molecule has 0 aliphatic rings. The van der Waals surface area contributed by atoms with Crippen molar-refractivity contribution in [1.82, 2.24) is 19.9 Å². The quantitative estimate of drug-likeness (QED) is 0.842. The maximum absolute atomic E-state index is 5.87. The van der Waals surface area contributed by atoms with Gasteiger partial charge in [-0.05, 0) is 19.4 Å². The van der Waals surface area contributed by atoms with Gasteiger partial charge in [-0.15, -0.1) is 0 Å². The van der Waals surface area contributed by atoms with Crippen molar-refractivity contribution in [3.05, 3.63) is 17.6 Å². The molecule has 0 radical (unpaired) electrons. The number of aromatic nitrogens is 4. The van der Waals surface area contributed by atoms with Crippen molar-refractivity contribution >= 4 is 0 Å². The van der Waals surface area contributed by atoms with Gasteiger partial charge in [-0.3, -0.25) is 4.68 Å². The third kappa shape index (κ3) is 2.82. The molecule has 7 heteroatoms. The van der Waals surface area contributed by atoms with E-state index in [4.69, 9.17) is 15.0 Å². The summed E-state index contributed by atoms with van der Waals surface area (Å²) in [4.78, 5) is 4.31. The molecule has 0 aliphatic heterocycles. The minimum atomic E-state index is -0.383. The number of hydrogen-bond acceptors (Lipinski definition) is 6. The van der Waals surface area contributed by atoms with Crippen molar-refractivity contribution in [3.8, 4) is 11.6 Å². The molecule has 7 nitrogen and oxygen atoms in total. The first-order chi connectivity index (χ1) is 9.19. The number of ether oxygens (including phenoxy) is 1. The summed E-state index contributed by atoms with van der Waals surface area (Å²) in [5, 5.41) is 8.34. The Labute approximate surface area is 111 Å². The van der Waals surface area contributed by atoms with Crippen LogP contribution < -0.4 is 5.73 Å². The molecule has 0 saturated carbocycles. The number of hydrogen-bond donors (Lipinski definition) is 1. The Balaban J connectivity index is 2.29. The number of aryl methyl sites for hydroxylation is 2. The van der Waals surface area contributed by atoms with Crippen LogP contribution in [0.5, 0.6) is 0 Å². The molecule has 2 heterocycles. The van der Waals surface area contributed by atoms with Crippen LogP contribution >= 0.6 is 0 Å². The lowest BCUT2D eigenvalue weighted by atomic mass is 10.3. The molecular formula is C12H19N5O2. The fourth-order valence-electron chi connectivity index (χ4n) is 1.80. The summed E-state index contributed by atoms with van der Waals surface area (Å²) in [6, 6.07) is 1.58. The van der Waals surface area contributed by atoms with Gasteiger partial charge in [0.2, 0.25) is 0 Å². The zero-order chi connectivity index (χ0) is 13.8. The van der Waals surface area contributed by atoms with Gasteiger partial charge in [-0.2, -0.15) is 10.1 Å². The molecule has 2 aromatic rings. The molecule has 0 saturated heterocycles. The second kappa shape index (κ2) is 5.94. The van der Waals surface area contributed by atoms with Gasteiger partial charge in [-0.25, -0.2) is 0 Å². The van der Waals surface area contributed by atoms with Crippen molar-refractivity contribution in [2.45, 2.75) is 32.9 Å². The Morgan fingerprint density at radius 2 is 2.26 bits per heavy atom. The number of nitrogens with two attached hydrogens (primary N) is 1. The van der Waals surface area contributed by atoms with Crippen molar-refractivity contribution in [2.24, 2.45) is 5.73 Å². The van der Waals surface area contributed by atoms with Crippen LogP contribution in [-0.4, -0.2) is 33.6 Å². The monoisotopic (exact) mass is 265 g/mol. The Hall–Kier alpha value is -1.73. The third-order valence-corrected chi connectivity index (χ3v) is 2.83. The number of nitrogens with zero attached hydrogens (tertiary/aromatic N) is 4. The second-order valence-corrected chi connectivity index (χ2v) is 4.21. The van der Waals surface area contributed by atoms with E-state index in [1.807, 2.05) is 17.7 Å². The lowest BCUT2D eigenvalue weighted by Crippen LogP contribution is -2.17. The van der Waals surface area contributed by atoms with Crippen LogP contribution in [0.2, 0.25) is 0 Å². The molecule has 0 spiro atoms. The van der Waals surface area contributed by atoms with Crippen molar-refractivity contribution in [2.75, 3.05) is 13.7 Å². The van der Waals surface area contributed by atoms with E-state index in [2.05, 4.69) is 22.2 Å². The van der Waals surface area contributed by atoms with Gasteiger partial charge in [0, 0.05) is 13.7 Å². The molecule has 0 fully saturated rings. The third-order valence-electron chi connectivity index (χ3n) is 2.83. The molecule has 1 unspecified atom stereocenters. The topological polar surface area (TPSA) is 92.0 Å². The largest absolute Gasteiger partial charge is 0.383 e. The van der Waals surface area contributed by atoms with Gasteiger partial charge >= 0.3 is 0 Å². The molecule has 0 amide bonds. The standard InChI is InChI=1S/C12H19N5O2/c1-4-8-6-10(17(5-2)15-8)12-14-11(16-19-12)9(13)7-18-3/h6,9H,4-5,7,13H2,1-3H3. The van der Waals surface area contributed by atoms with E-state index in [0.29, 0.717) is 18.3 Å². The molecule has 19 heavy (non-hydrogen) atoms. The zero-order valence-corrected chi connectivity index (χ0v) is 11.5. The van der Waals surface area contributed by atoms with Crippen LogP contribution in [0.4, 0.5) is 0 Å². The van der Waals surface area contributed by atoms with Crippen LogP contribution in [0.3, 0.4) is 0 Å². The van der Waals surface area contributed by atoms with Crippen molar-refractivity contribution in [1.29, 1.82) is 0 Å². The maximum Gasteiger partial charge on any atom is 0.276 e. The van der Waals surface area contributed by atoms with E-state index in [9.17, 15) is 0 Å². The molecule has 0 aliphatic carbocycles. The van der Waals surface area contributed by atoms with Crippen LogP contribution in [-0.2, 0) is 17.7 Å². The molecule has 104 valence electrons.